The zero-order chi connectivity index (χ0) is 9.47. The SMILES string of the molecule is O=C1NN=C(c2ccco2)C1(O)O. The van der Waals surface area contributed by atoms with E-state index in [-0.39, 0.29) is 11.5 Å². The molecule has 1 aromatic heterocycles. The van der Waals surface area contributed by atoms with Gasteiger partial charge in [-0.15, -0.1) is 0 Å². The highest BCUT2D eigenvalue weighted by atomic mass is 16.5. The molecule has 2 heterocycles. The number of rotatable bonds is 1. The molecule has 0 bridgehead atoms. The van der Waals surface area contributed by atoms with E-state index in [2.05, 4.69) is 5.10 Å². The molecule has 6 heteroatoms. The fourth-order valence-electron chi connectivity index (χ4n) is 1.01. The third-order valence-corrected chi connectivity index (χ3v) is 1.67. The molecule has 3 N–H and O–H groups in total. The van der Waals surface area contributed by atoms with Gasteiger partial charge in [-0.3, -0.25) is 4.79 Å². The Morgan fingerprint density at radius 3 is 2.77 bits per heavy atom. The van der Waals surface area contributed by atoms with E-state index in [1.165, 1.54) is 12.3 Å². The molecule has 1 aliphatic heterocycles. The standard InChI is InChI=1S/C7H6N2O4/c10-6-7(11,12)5(8-9-6)4-2-1-3-13-4/h1-3,11-12H,(H,9,10). The number of amides is 1. The zero-order valence-corrected chi connectivity index (χ0v) is 6.39. The van der Waals surface area contributed by atoms with Crippen LogP contribution in [-0.2, 0) is 4.79 Å². The van der Waals surface area contributed by atoms with Crippen LogP contribution in [0.15, 0.2) is 27.9 Å². The van der Waals surface area contributed by atoms with E-state index in [4.69, 9.17) is 4.42 Å². The average Bonchev–Trinajstić information content (AvgIpc) is 2.62. The largest absolute Gasteiger partial charge is 0.463 e. The third-order valence-electron chi connectivity index (χ3n) is 1.67. The number of aliphatic hydroxyl groups is 2. The number of nitrogens with one attached hydrogen (secondary N) is 1. The molecule has 0 spiro atoms. The minimum atomic E-state index is -2.60. The molecular formula is C7H6N2O4. The molecule has 0 saturated heterocycles. The summed E-state index contributed by atoms with van der Waals surface area (Å²) >= 11 is 0. The molecule has 0 unspecified atom stereocenters. The van der Waals surface area contributed by atoms with Crippen LogP contribution in [0, 0.1) is 0 Å². The number of hydrazone groups is 1. The van der Waals surface area contributed by atoms with Crippen molar-refractivity contribution in [1.82, 2.24) is 5.43 Å². The topological polar surface area (TPSA) is 95.1 Å². The summed E-state index contributed by atoms with van der Waals surface area (Å²) in [7, 11) is 0. The van der Waals surface area contributed by atoms with E-state index in [1.54, 1.807) is 6.07 Å². The third kappa shape index (κ3) is 1.04. The second-order valence-electron chi connectivity index (χ2n) is 2.55. The van der Waals surface area contributed by atoms with E-state index < -0.39 is 11.7 Å². The van der Waals surface area contributed by atoms with E-state index >= 15 is 0 Å². The van der Waals surface area contributed by atoms with E-state index in [9.17, 15) is 15.0 Å². The highest BCUT2D eigenvalue weighted by molar-refractivity contribution is 6.19. The second-order valence-corrected chi connectivity index (χ2v) is 2.55. The van der Waals surface area contributed by atoms with Gasteiger partial charge in [-0.2, -0.15) is 5.10 Å². The quantitative estimate of drug-likeness (QED) is 0.475. The lowest BCUT2D eigenvalue weighted by atomic mass is 10.1. The first-order chi connectivity index (χ1) is 6.12. The Labute approximate surface area is 72.5 Å². The first-order valence-corrected chi connectivity index (χ1v) is 3.49. The van der Waals surface area contributed by atoms with Gasteiger partial charge in [-0.05, 0) is 12.1 Å². The molecule has 0 fully saturated rings. The van der Waals surface area contributed by atoms with Crippen LogP contribution >= 0.6 is 0 Å². The van der Waals surface area contributed by atoms with Crippen molar-refractivity contribution in [3.8, 4) is 0 Å². The predicted octanol–water partition coefficient (Wildman–Crippen LogP) is -1.21. The first kappa shape index (κ1) is 7.96. The molecule has 1 aromatic rings. The Balaban J connectivity index is 2.42. The fourth-order valence-corrected chi connectivity index (χ4v) is 1.01. The van der Waals surface area contributed by atoms with Crippen molar-refractivity contribution < 1.29 is 19.4 Å². The van der Waals surface area contributed by atoms with Crippen molar-refractivity contribution in [2.45, 2.75) is 5.79 Å². The fraction of sp³-hybridized carbons (Fsp3) is 0.143. The molecule has 0 aromatic carbocycles. The van der Waals surface area contributed by atoms with Gasteiger partial charge in [-0.25, -0.2) is 5.43 Å². The molecule has 0 atom stereocenters. The van der Waals surface area contributed by atoms with Crippen molar-refractivity contribution in [1.29, 1.82) is 0 Å². The molecule has 6 nitrogen and oxygen atoms in total. The lowest BCUT2D eigenvalue weighted by molar-refractivity contribution is -0.158. The molecule has 68 valence electrons. The molecular weight excluding hydrogens is 176 g/mol. The van der Waals surface area contributed by atoms with E-state index in [0.29, 0.717) is 0 Å². The van der Waals surface area contributed by atoms with Crippen LogP contribution in [0.3, 0.4) is 0 Å². The van der Waals surface area contributed by atoms with Crippen molar-refractivity contribution in [2.24, 2.45) is 5.10 Å². The Morgan fingerprint density at radius 1 is 1.54 bits per heavy atom. The Hall–Kier alpha value is -1.66. The van der Waals surface area contributed by atoms with Gasteiger partial charge in [0.25, 0.3) is 5.79 Å². The number of hydrogen-bond donors (Lipinski definition) is 3. The molecule has 1 amide bonds. The molecule has 2 rings (SSSR count). The van der Waals surface area contributed by atoms with Crippen molar-refractivity contribution in [3.05, 3.63) is 24.2 Å². The molecule has 0 radical (unpaired) electrons. The van der Waals surface area contributed by atoms with Gasteiger partial charge < -0.3 is 14.6 Å². The Kier molecular flexibility index (Phi) is 1.48. The van der Waals surface area contributed by atoms with Gasteiger partial charge in [-0.1, -0.05) is 0 Å². The lowest BCUT2D eigenvalue weighted by Crippen LogP contribution is -2.45. The highest BCUT2D eigenvalue weighted by Gasteiger charge is 2.46. The maximum absolute atomic E-state index is 10.8. The number of carbonyl (C=O) groups is 1. The van der Waals surface area contributed by atoms with Gasteiger partial charge in [0.05, 0.1) is 6.26 Å². The Bertz CT molecular complexity index is 366. The number of hydrogen-bond acceptors (Lipinski definition) is 5. The molecule has 13 heavy (non-hydrogen) atoms. The van der Waals surface area contributed by atoms with Crippen molar-refractivity contribution in [3.63, 3.8) is 0 Å². The normalized spacial score (nSPS) is 19.8. The minimum absolute atomic E-state index is 0.142. The van der Waals surface area contributed by atoms with Gasteiger partial charge in [0.1, 0.15) is 0 Å². The van der Waals surface area contributed by atoms with Gasteiger partial charge in [0.15, 0.2) is 11.5 Å². The van der Waals surface area contributed by atoms with Crippen LogP contribution < -0.4 is 5.43 Å². The van der Waals surface area contributed by atoms with Gasteiger partial charge in [0.2, 0.25) is 0 Å². The maximum atomic E-state index is 10.8. The van der Waals surface area contributed by atoms with Crippen molar-refractivity contribution >= 4 is 11.6 Å². The molecule has 0 saturated carbocycles. The highest BCUT2D eigenvalue weighted by Crippen LogP contribution is 2.16. The molecule has 1 aliphatic rings. The Morgan fingerprint density at radius 2 is 2.31 bits per heavy atom. The van der Waals surface area contributed by atoms with E-state index in [1.807, 2.05) is 5.43 Å². The van der Waals surface area contributed by atoms with Crippen LogP contribution in [0.4, 0.5) is 0 Å². The van der Waals surface area contributed by atoms with E-state index in [0.717, 1.165) is 0 Å². The van der Waals surface area contributed by atoms with Crippen LogP contribution in [0.1, 0.15) is 5.76 Å². The predicted molar refractivity (Wildman–Crippen MR) is 40.6 cm³/mol. The van der Waals surface area contributed by atoms with Crippen molar-refractivity contribution in [2.75, 3.05) is 0 Å². The number of nitrogens with zero attached hydrogens (tertiary/aromatic N) is 1. The summed E-state index contributed by atoms with van der Waals surface area (Å²) in [6.07, 6.45) is 1.34. The second kappa shape index (κ2) is 2.41. The summed E-state index contributed by atoms with van der Waals surface area (Å²) in [6, 6.07) is 3.02. The minimum Gasteiger partial charge on any atom is -0.463 e. The van der Waals surface area contributed by atoms with Crippen LogP contribution in [-0.4, -0.2) is 27.6 Å². The van der Waals surface area contributed by atoms with Crippen LogP contribution in [0.2, 0.25) is 0 Å². The summed E-state index contributed by atoms with van der Waals surface area (Å²) in [5.74, 6) is -3.44. The van der Waals surface area contributed by atoms with Gasteiger partial charge in [0, 0.05) is 0 Å². The van der Waals surface area contributed by atoms with Crippen LogP contribution in [0.5, 0.6) is 0 Å². The summed E-state index contributed by atoms with van der Waals surface area (Å²) in [5.41, 5.74) is 1.70. The summed E-state index contributed by atoms with van der Waals surface area (Å²) in [4.78, 5) is 10.8. The number of carbonyl (C=O) groups excluding carboxylic acids is 1. The average molecular weight is 182 g/mol. The maximum Gasteiger partial charge on any atom is 0.307 e. The summed E-state index contributed by atoms with van der Waals surface area (Å²) < 4.78 is 4.86. The molecule has 0 aliphatic carbocycles. The monoisotopic (exact) mass is 182 g/mol. The smallest absolute Gasteiger partial charge is 0.307 e. The lowest BCUT2D eigenvalue weighted by Gasteiger charge is -2.11. The summed E-state index contributed by atoms with van der Waals surface area (Å²) in [5, 5.41) is 21.9. The van der Waals surface area contributed by atoms with Gasteiger partial charge >= 0.3 is 5.91 Å². The summed E-state index contributed by atoms with van der Waals surface area (Å²) in [6.45, 7) is 0. The van der Waals surface area contributed by atoms with Crippen LogP contribution in [0.25, 0.3) is 0 Å². The number of furan rings is 1. The first-order valence-electron chi connectivity index (χ1n) is 3.49. The zero-order valence-electron chi connectivity index (χ0n) is 6.39.